The van der Waals surface area contributed by atoms with E-state index in [-0.39, 0.29) is 5.75 Å². The summed E-state index contributed by atoms with van der Waals surface area (Å²) in [6, 6.07) is 7.16. The molecule has 2 aromatic rings. The summed E-state index contributed by atoms with van der Waals surface area (Å²) in [6.07, 6.45) is 2.40. The monoisotopic (exact) mass is 215 g/mol. The molecule has 1 aromatic heterocycles. The van der Waals surface area contributed by atoms with Crippen molar-refractivity contribution in [2.24, 2.45) is 7.05 Å². The van der Waals surface area contributed by atoms with Gasteiger partial charge in [0.25, 0.3) is 0 Å². The molecule has 0 saturated heterocycles. The number of hydrogen-bond donors (Lipinski definition) is 1. The predicted molar refractivity (Wildman–Crippen MR) is 60.1 cm³/mol. The van der Waals surface area contributed by atoms with Gasteiger partial charge < -0.3 is 5.11 Å². The van der Waals surface area contributed by atoms with Crippen LogP contribution in [0.5, 0.6) is 5.75 Å². The van der Waals surface area contributed by atoms with E-state index in [4.69, 9.17) is 0 Å². The maximum Gasteiger partial charge on any atom is 0.185 e. The summed E-state index contributed by atoms with van der Waals surface area (Å²) < 4.78 is 1.82. The number of nitrogens with zero attached hydrogens (tertiary/aromatic N) is 3. The van der Waals surface area contributed by atoms with Crippen LogP contribution in [0.15, 0.2) is 24.3 Å². The van der Waals surface area contributed by atoms with Crippen molar-refractivity contribution in [2.75, 3.05) is 0 Å². The number of aryl methyl sites for hydroxylation is 1. The molecule has 1 aromatic carbocycles. The summed E-state index contributed by atoms with van der Waals surface area (Å²) in [7, 11) is 1.91. The SMILES string of the molecule is Cn1nc(-c2ccccc2O)nc1C1CC1. The van der Waals surface area contributed by atoms with Crippen LogP contribution in [0.25, 0.3) is 11.4 Å². The van der Waals surface area contributed by atoms with Gasteiger partial charge in [-0.15, -0.1) is 0 Å². The van der Waals surface area contributed by atoms with E-state index >= 15 is 0 Å². The van der Waals surface area contributed by atoms with Crippen LogP contribution in [0, 0.1) is 0 Å². The average Bonchev–Trinajstić information content (AvgIpc) is 3.03. The van der Waals surface area contributed by atoms with E-state index in [0.717, 1.165) is 5.82 Å². The molecule has 0 amide bonds. The Bertz CT molecular complexity index is 529. The number of hydrogen-bond acceptors (Lipinski definition) is 3. The first-order chi connectivity index (χ1) is 7.75. The minimum atomic E-state index is 0.232. The Morgan fingerprint density at radius 3 is 2.75 bits per heavy atom. The molecule has 0 atom stereocenters. The van der Waals surface area contributed by atoms with Crippen LogP contribution in [-0.2, 0) is 7.05 Å². The van der Waals surface area contributed by atoms with Gasteiger partial charge in [0.05, 0.1) is 5.56 Å². The summed E-state index contributed by atoms with van der Waals surface area (Å²) in [5.41, 5.74) is 0.699. The molecule has 82 valence electrons. The first-order valence-corrected chi connectivity index (χ1v) is 5.45. The topological polar surface area (TPSA) is 50.9 Å². The Hall–Kier alpha value is -1.84. The maximum absolute atomic E-state index is 9.73. The van der Waals surface area contributed by atoms with E-state index in [1.165, 1.54) is 12.8 Å². The Kier molecular flexibility index (Phi) is 1.96. The number of rotatable bonds is 2. The van der Waals surface area contributed by atoms with Gasteiger partial charge in [0, 0.05) is 13.0 Å². The Morgan fingerprint density at radius 2 is 2.06 bits per heavy atom. The van der Waals surface area contributed by atoms with Gasteiger partial charge in [0.2, 0.25) is 0 Å². The Morgan fingerprint density at radius 1 is 1.31 bits per heavy atom. The van der Waals surface area contributed by atoms with Crippen molar-refractivity contribution < 1.29 is 5.11 Å². The molecule has 1 aliphatic rings. The average molecular weight is 215 g/mol. The molecular formula is C12H13N3O. The molecule has 4 heteroatoms. The van der Waals surface area contributed by atoms with Gasteiger partial charge >= 0.3 is 0 Å². The van der Waals surface area contributed by atoms with Crippen molar-refractivity contribution >= 4 is 0 Å². The standard InChI is InChI=1S/C12H13N3O/c1-15-12(8-6-7-8)13-11(14-15)9-4-2-3-5-10(9)16/h2-5,8,16H,6-7H2,1H3. The normalized spacial score (nSPS) is 15.3. The van der Waals surface area contributed by atoms with Gasteiger partial charge in [-0.1, -0.05) is 12.1 Å². The van der Waals surface area contributed by atoms with Crippen molar-refractivity contribution in [1.29, 1.82) is 0 Å². The summed E-state index contributed by atoms with van der Waals surface area (Å²) in [5, 5.41) is 14.1. The number of aromatic hydroxyl groups is 1. The van der Waals surface area contributed by atoms with Crippen molar-refractivity contribution in [2.45, 2.75) is 18.8 Å². The lowest BCUT2D eigenvalue weighted by Gasteiger charge is -1.97. The van der Waals surface area contributed by atoms with Crippen molar-refractivity contribution in [3.05, 3.63) is 30.1 Å². The lowest BCUT2D eigenvalue weighted by molar-refractivity contribution is 0.477. The molecule has 1 fully saturated rings. The van der Waals surface area contributed by atoms with Crippen molar-refractivity contribution in [1.82, 2.24) is 14.8 Å². The smallest absolute Gasteiger partial charge is 0.185 e. The number of aromatic nitrogens is 3. The Labute approximate surface area is 93.6 Å². The van der Waals surface area contributed by atoms with E-state index in [1.807, 2.05) is 23.9 Å². The van der Waals surface area contributed by atoms with Crippen molar-refractivity contribution in [3.8, 4) is 17.1 Å². The van der Waals surface area contributed by atoms with Gasteiger partial charge in [-0.3, -0.25) is 4.68 Å². The fourth-order valence-electron chi connectivity index (χ4n) is 1.87. The molecule has 1 saturated carbocycles. The molecule has 1 heterocycles. The minimum Gasteiger partial charge on any atom is -0.507 e. The van der Waals surface area contributed by atoms with E-state index < -0.39 is 0 Å². The highest BCUT2D eigenvalue weighted by atomic mass is 16.3. The summed E-state index contributed by atoms with van der Waals surface area (Å²) >= 11 is 0. The summed E-state index contributed by atoms with van der Waals surface area (Å²) in [6.45, 7) is 0. The fraction of sp³-hybridized carbons (Fsp3) is 0.333. The number of phenolic OH excluding ortho intramolecular Hbond substituents is 1. The zero-order chi connectivity index (χ0) is 11.1. The third kappa shape index (κ3) is 1.46. The van der Waals surface area contributed by atoms with Crippen LogP contribution in [0.2, 0.25) is 0 Å². The maximum atomic E-state index is 9.73. The molecule has 0 radical (unpaired) electrons. The highest BCUT2D eigenvalue weighted by Gasteiger charge is 2.29. The van der Waals surface area contributed by atoms with Gasteiger partial charge in [0.1, 0.15) is 11.6 Å². The zero-order valence-electron chi connectivity index (χ0n) is 9.09. The first-order valence-electron chi connectivity index (χ1n) is 5.45. The minimum absolute atomic E-state index is 0.232. The number of phenols is 1. The molecular weight excluding hydrogens is 202 g/mol. The third-order valence-corrected chi connectivity index (χ3v) is 2.88. The largest absolute Gasteiger partial charge is 0.507 e. The molecule has 0 spiro atoms. The van der Waals surface area contributed by atoms with Gasteiger partial charge in [-0.25, -0.2) is 4.98 Å². The quantitative estimate of drug-likeness (QED) is 0.834. The van der Waals surface area contributed by atoms with E-state index in [9.17, 15) is 5.11 Å². The predicted octanol–water partition coefficient (Wildman–Crippen LogP) is 2.07. The molecule has 0 unspecified atom stereocenters. The van der Waals surface area contributed by atoms with E-state index in [0.29, 0.717) is 17.3 Å². The molecule has 3 rings (SSSR count). The van der Waals surface area contributed by atoms with Crippen LogP contribution in [0.4, 0.5) is 0 Å². The molecule has 0 aliphatic heterocycles. The molecule has 1 N–H and O–H groups in total. The van der Waals surface area contributed by atoms with Gasteiger partial charge in [0.15, 0.2) is 5.82 Å². The van der Waals surface area contributed by atoms with Gasteiger partial charge in [-0.05, 0) is 25.0 Å². The number of para-hydroxylation sites is 1. The number of benzene rings is 1. The van der Waals surface area contributed by atoms with Crippen LogP contribution in [0.1, 0.15) is 24.6 Å². The highest BCUT2D eigenvalue weighted by Crippen LogP contribution is 2.39. The fourth-order valence-corrected chi connectivity index (χ4v) is 1.87. The van der Waals surface area contributed by atoms with E-state index in [1.54, 1.807) is 12.1 Å². The van der Waals surface area contributed by atoms with Gasteiger partial charge in [-0.2, -0.15) is 5.10 Å². The van der Waals surface area contributed by atoms with Crippen LogP contribution >= 0.6 is 0 Å². The first kappa shape index (κ1) is 9.39. The lowest BCUT2D eigenvalue weighted by atomic mass is 10.2. The molecule has 1 aliphatic carbocycles. The zero-order valence-corrected chi connectivity index (χ0v) is 9.09. The molecule has 4 nitrogen and oxygen atoms in total. The summed E-state index contributed by atoms with van der Waals surface area (Å²) in [5.74, 6) is 2.44. The third-order valence-electron chi connectivity index (χ3n) is 2.88. The molecule has 16 heavy (non-hydrogen) atoms. The second-order valence-electron chi connectivity index (χ2n) is 4.21. The lowest BCUT2D eigenvalue weighted by Crippen LogP contribution is -1.96. The van der Waals surface area contributed by atoms with Crippen LogP contribution < -0.4 is 0 Å². The van der Waals surface area contributed by atoms with Crippen LogP contribution in [0.3, 0.4) is 0 Å². The van der Waals surface area contributed by atoms with E-state index in [2.05, 4.69) is 10.1 Å². The summed E-state index contributed by atoms with van der Waals surface area (Å²) in [4.78, 5) is 4.49. The highest BCUT2D eigenvalue weighted by molar-refractivity contribution is 5.63. The molecule has 0 bridgehead atoms. The second kappa shape index (κ2) is 3.33. The second-order valence-corrected chi connectivity index (χ2v) is 4.21. The van der Waals surface area contributed by atoms with Crippen molar-refractivity contribution in [3.63, 3.8) is 0 Å². The van der Waals surface area contributed by atoms with Crippen LogP contribution in [-0.4, -0.2) is 19.9 Å². The Balaban J connectivity index is 2.06.